The summed E-state index contributed by atoms with van der Waals surface area (Å²) < 4.78 is 0. The summed E-state index contributed by atoms with van der Waals surface area (Å²) in [5.74, 6) is -1.49. The van der Waals surface area contributed by atoms with Crippen LogP contribution in [-0.2, 0) is 9.59 Å². The Morgan fingerprint density at radius 2 is 0.737 bits per heavy atom. The van der Waals surface area contributed by atoms with Gasteiger partial charge in [0.1, 0.15) is 0 Å². The van der Waals surface area contributed by atoms with Gasteiger partial charge in [0.25, 0.3) is 0 Å². The van der Waals surface area contributed by atoms with Crippen molar-refractivity contribution in [3.05, 3.63) is 12.2 Å². The minimum atomic E-state index is -0.835. The van der Waals surface area contributed by atoms with E-state index in [1.165, 1.54) is 154 Å². The van der Waals surface area contributed by atoms with E-state index >= 15 is 0 Å². The molecule has 2 N–H and O–H groups in total. The number of hydrogen-bond donors (Lipinski definition) is 2. The monoisotopic (exact) mass is 538 g/mol. The first-order chi connectivity index (χ1) is 18.5. The molecule has 0 atom stereocenters. The maximum atomic E-state index is 10.3. The van der Waals surface area contributed by atoms with Gasteiger partial charge in [-0.25, -0.2) is 4.79 Å². The van der Waals surface area contributed by atoms with E-state index in [0.29, 0.717) is 6.42 Å². The van der Waals surface area contributed by atoms with Gasteiger partial charge in [-0.05, 0) is 19.3 Å². The Kier molecular flexibility index (Phi) is 36.5. The molecule has 4 heteroatoms. The van der Waals surface area contributed by atoms with Gasteiger partial charge in [-0.1, -0.05) is 174 Å². The average Bonchev–Trinajstić information content (AvgIpc) is 2.89. The predicted octanol–water partition coefficient (Wildman–Crippen LogP) is 11.7. The third-order valence-electron chi connectivity index (χ3n) is 7.23. The Bertz CT molecular complexity index is 501. The molecule has 0 heterocycles. The Labute approximate surface area is 237 Å². The van der Waals surface area contributed by atoms with E-state index in [-0.39, 0.29) is 0 Å². The molecule has 0 spiro atoms. The van der Waals surface area contributed by atoms with Gasteiger partial charge in [-0.2, -0.15) is 0 Å². The van der Waals surface area contributed by atoms with Crippen molar-refractivity contribution in [1.29, 1.82) is 0 Å². The molecule has 0 bridgehead atoms. The van der Waals surface area contributed by atoms with Crippen molar-refractivity contribution >= 4 is 11.9 Å². The van der Waals surface area contributed by atoms with Crippen molar-refractivity contribution in [1.82, 2.24) is 0 Å². The highest BCUT2D eigenvalue weighted by Crippen LogP contribution is 2.14. The van der Waals surface area contributed by atoms with Crippen LogP contribution < -0.4 is 0 Å². The lowest BCUT2D eigenvalue weighted by atomic mass is 10.0. The third-order valence-corrected chi connectivity index (χ3v) is 7.23. The normalized spacial score (nSPS) is 11.0. The number of hydrogen-bond acceptors (Lipinski definition) is 2. The molecule has 226 valence electrons. The molecule has 0 saturated heterocycles. The van der Waals surface area contributed by atoms with E-state index in [0.717, 1.165) is 25.7 Å². The summed E-state index contributed by atoms with van der Waals surface area (Å²) in [5, 5.41) is 16.9. The van der Waals surface area contributed by atoms with Crippen LogP contribution in [0.2, 0.25) is 0 Å². The summed E-state index contributed by atoms with van der Waals surface area (Å²) in [5.41, 5.74) is 0. The number of carboxylic acids is 2. The van der Waals surface area contributed by atoms with Crippen LogP contribution in [0.15, 0.2) is 12.2 Å². The highest BCUT2D eigenvalue weighted by molar-refractivity contribution is 5.79. The van der Waals surface area contributed by atoms with Crippen molar-refractivity contribution in [3.63, 3.8) is 0 Å². The van der Waals surface area contributed by atoms with Gasteiger partial charge >= 0.3 is 11.9 Å². The molecule has 4 nitrogen and oxygen atoms in total. The van der Waals surface area contributed by atoms with E-state index in [9.17, 15) is 9.59 Å². The molecular formula is C34H66O4. The van der Waals surface area contributed by atoms with Crippen LogP contribution in [0.25, 0.3) is 0 Å². The molecule has 0 aromatic rings. The van der Waals surface area contributed by atoms with Crippen molar-refractivity contribution in [2.24, 2.45) is 0 Å². The molecule has 38 heavy (non-hydrogen) atoms. The summed E-state index contributed by atoms with van der Waals surface area (Å²) >= 11 is 0. The van der Waals surface area contributed by atoms with Gasteiger partial charge in [-0.3, -0.25) is 4.79 Å². The smallest absolute Gasteiger partial charge is 0.327 e. The van der Waals surface area contributed by atoms with Crippen LogP contribution in [0.4, 0.5) is 0 Å². The first-order valence-corrected chi connectivity index (χ1v) is 16.7. The summed E-state index contributed by atoms with van der Waals surface area (Å²) in [6.45, 7) is 4.53. The van der Waals surface area contributed by atoms with Crippen LogP contribution in [0.3, 0.4) is 0 Å². The average molecular weight is 539 g/mol. The number of rotatable bonds is 29. The van der Waals surface area contributed by atoms with Gasteiger partial charge in [0.2, 0.25) is 0 Å². The van der Waals surface area contributed by atoms with Crippen LogP contribution in [-0.4, -0.2) is 22.2 Å². The molecule has 0 unspecified atom stereocenters. The van der Waals surface area contributed by atoms with Crippen LogP contribution in [0, 0.1) is 0 Å². The molecule has 0 aliphatic rings. The standard InChI is InChI=1S/C18H36O2.C16H30O2/c1-2-3-4-5-6-7-8-9-10-11-12-13-14-15-16-17-18(19)20;1-2-3-4-5-6-7-8-9-10-11-12-13-14-15-16(17)18/h2-17H2,1H3,(H,19,20);14-15H,2-13H2,1H3,(H,17,18). The zero-order valence-corrected chi connectivity index (χ0v) is 25.7. The lowest BCUT2D eigenvalue weighted by Crippen LogP contribution is -1.93. The van der Waals surface area contributed by atoms with E-state index in [1.54, 1.807) is 6.08 Å². The van der Waals surface area contributed by atoms with Crippen LogP contribution in [0.5, 0.6) is 0 Å². The molecule has 0 aliphatic carbocycles. The van der Waals surface area contributed by atoms with Crippen molar-refractivity contribution in [2.45, 2.75) is 194 Å². The molecular weight excluding hydrogens is 472 g/mol. The molecule has 0 fully saturated rings. The zero-order chi connectivity index (χ0) is 28.4. The maximum absolute atomic E-state index is 10.3. The first-order valence-electron chi connectivity index (χ1n) is 16.7. The highest BCUT2D eigenvalue weighted by atomic mass is 16.4. The fourth-order valence-corrected chi connectivity index (χ4v) is 4.76. The van der Waals surface area contributed by atoms with E-state index in [2.05, 4.69) is 13.8 Å². The Morgan fingerprint density at radius 1 is 0.447 bits per heavy atom. The summed E-state index contributed by atoms with van der Waals surface area (Å²) in [6.07, 6.45) is 38.8. The SMILES string of the molecule is CCCCCCCCCCCCCC=CC(=O)O.CCCCCCCCCCCCCCCCCC(=O)O. The summed E-state index contributed by atoms with van der Waals surface area (Å²) in [6, 6.07) is 0. The van der Waals surface area contributed by atoms with Crippen molar-refractivity contribution in [3.8, 4) is 0 Å². The van der Waals surface area contributed by atoms with Crippen molar-refractivity contribution < 1.29 is 19.8 Å². The number of aliphatic carboxylic acids is 2. The zero-order valence-electron chi connectivity index (χ0n) is 25.7. The number of carbonyl (C=O) groups is 2. The molecule has 0 rings (SSSR count). The lowest BCUT2D eigenvalue weighted by molar-refractivity contribution is -0.137. The lowest BCUT2D eigenvalue weighted by Gasteiger charge is -2.03. The second-order valence-electron chi connectivity index (χ2n) is 11.2. The fourth-order valence-electron chi connectivity index (χ4n) is 4.76. The Balaban J connectivity index is 0. The topological polar surface area (TPSA) is 74.6 Å². The third kappa shape index (κ3) is 41.8. The molecule has 0 aromatic heterocycles. The number of unbranched alkanes of at least 4 members (excludes halogenated alkanes) is 25. The van der Waals surface area contributed by atoms with Gasteiger partial charge in [-0.15, -0.1) is 0 Å². The molecule has 0 radical (unpaired) electrons. The molecule has 0 aliphatic heterocycles. The summed E-state index contributed by atoms with van der Waals surface area (Å²) in [4.78, 5) is 20.5. The number of allylic oxidation sites excluding steroid dienone is 1. The first kappa shape index (κ1) is 38.8. The van der Waals surface area contributed by atoms with Gasteiger partial charge in [0, 0.05) is 12.5 Å². The van der Waals surface area contributed by atoms with Gasteiger partial charge < -0.3 is 10.2 Å². The van der Waals surface area contributed by atoms with Crippen molar-refractivity contribution in [2.75, 3.05) is 0 Å². The van der Waals surface area contributed by atoms with E-state index in [4.69, 9.17) is 10.2 Å². The van der Waals surface area contributed by atoms with Crippen LogP contribution in [0.1, 0.15) is 194 Å². The summed E-state index contributed by atoms with van der Waals surface area (Å²) in [7, 11) is 0. The van der Waals surface area contributed by atoms with Gasteiger partial charge in [0.15, 0.2) is 0 Å². The molecule has 0 aromatic carbocycles. The second-order valence-corrected chi connectivity index (χ2v) is 11.2. The molecule has 0 amide bonds. The Hall–Kier alpha value is -1.32. The van der Waals surface area contributed by atoms with Crippen LogP contribution >= 0.6 is 0 Å². The largest absolute Gasteiger partial charge is 0.481 e. The number of carboxylic acid groups (broad SMARTS) is 2. The highest BCUT2D eigenvalue weighted by Gasteiger charge is 1.97. The maximum Gasteiger partial charge on any atom is 0.327 e. The minimum absolute atomic E-state index is 0.345. The Morgan fingerprint density at radius 3 is 1.03 bits per heavy atom. The minimum Gasteiger partial charge on any atom is -0.481 e. The fraction of sp³-hybridized carbons (Fsp3) is 0.882. The molecule has 0 saturated carbocycles. The van der Waals surface area contributed by atoms with Gasteiger partial charge in [0.05, 0.1) is 0 Å². The van der Waals surface area contributed by atoms with E-state index in [1.807, 2.05) is 0 Å². The predicted molar refractivity (Wildman–Crippen MR) is 165 cm³/mol. The quantitative estimate of drug-likeness (QED) is 0.0733. The van der Waals surface area contributed by atoms with E-state index < -0.39 is 11.9 Å². The second kappa shape index (κ2) is 35.7.